The molecule has 1 aromatic heterocycles. The molecule has 3 rings (SSSR count). The van der Waals surface area contributed by atoms with Crippen LogP contribution in [0.1, 0.15) is 23.7 Å². The van der Waals surface area contributed by atoms with Crippen LogP contribution in [0.15, 0.2) is 24.4 Å². The van der Waals surface area contributed by atoms with Crippen molar-refractivity contribution in [3.8, 4) is 0 Å². The van der Waals surface area contributed by atoms with Gasteiger partial charge in [0.05, 0.1) is 17.3 Å². The number of rotatable bonds is 2. The van der Waals surface area contributed by atoms with Crippen molar-refractivity contribution in [2.24, 2.45) is 11.7 Å². The summed E-state index contributed by atoms with van der Waals surface area (Å²) in [4.78, 5) is 14.6. The second-order valence-electron chi connectivity index (χ2n) is 5.28. The Morgan fingerprint density at radius 3 is 3.16 bits per heavy atom. The number of para-hydroxylation sites is 1. The van der Waals surface area contributed by atoms with Crippen molar-refractivity contribution < 1.29 is 4.79 Å². The average Bonchev–Trinajstić information content (AvgIpc) is 3.03. The third-order valence-corrected chi connectivity index (χ3v) is 3.96. The van der Waals surface area contributed by atoms with E-state index in [0.29, 0.717) is 18.0 Å². The number of aromatic nitrogens is 2. The molecule has 1 saturated heterocycles. The minimum atomic E-state index is 0.0679. The molecule has 1 aliphatic heterocycles. The van der Waals surface area contributed by atoms with Crippen LogP contribution in [0.4, 0.5) is 0 Å². The van der Waals surface area contributed by atoms with E-state index in [-0.39, 0.29) is 11.9 Å². The summed E-state index contributed by atoms with van der Waals surface area (Å²) in [7, 11) is 0. The number of benzene rings is 1. The minimum Gasteiger partial charge on any atom is -0.336 e. The second kappa shape index (κ2) is 4.66. The van der Waals surface area contributed by atoms with Crippen molar-refractivity contribution in [3.05, 3.63) is 30.0 Å². The molecule has 5 nitrogen and oxygen atoms in total. The zero-order valence-corrected chi connectivity index (χ0v) is 11.0. The number of hydrogen-bond acceptors (Lipinski definition) is 3. The minimum absolute atomic E-state index is 0.0679. The quantitative estimate of drug-likeness (QED) is 0.854. The summed E-state index contributed by atoms with van der Waals surface area (Å²) < 4.78 is 0. The molecule has 0 bridgehead atoms. The molecule has 0 radical (unpaired) electrons. The number of hydrogen-bond donors (Lipinski definition) is 2. The number of H-pyrrole nitrogens is 1. The molecule has 0 spiro atoms. The molecule has 1 aromatic carbocycles. The maximum Gasteiger partial charge on any atom is 0.256 e. The first kappa shape index (κ1) is 12.2. The summed E-state index contributed by atoms with van der Waals surface area (Å²) in [6, 6.07) is 5.95. The fraction of sp³-hybridized carbons (Fsp3) is 0.429. The number of carbonyl (C=O) groups excluding carboxylic acids is 1. The van der Waals surface area contributed by atoms with Gasteiger partial charge in [-0.2, -0.15) is 5.10 Å². The van der Waals surface area contributed by atoms with Crippen molar-refractivity contribution >= 4 is 16.8 Å². The van der Waals surface area contributed by atoms with E-state index in [1.165, 1.54) is 0 Å². The standard InChI is InChI=1S/C14H18N4O/c1-9-5-10(6-15)8-18(9)14(19)12-4-2-3-11-7-16-17-13(11)12/h2-4,7,9-10H,5-6,8,15H2,1H3,(H,16,17)/t9-,10-/m0/s1. The number of carbonyl (C=O) groups is 1. The van der Waals surface area contributed by atoms with Gasteiger partial charge >= 0.3 is 0 Å². The Kier molecular flexibility index (Phi) is 2.98. The van der Waals surface area contributed by atoms with Crippen molar-refractivity contribution in [1.82, 2.24) is 15.1 Å². The van der Waals surface area contributed by atoms with Gasteiger partial charge in [-0.1, -0.05) is 12.1 Å². The van der Waals surface area contributed by atoms with Crippen LogP contribution in [-0.2, 0) is 0 Å². The Balaban J connectivity index is 1.94. The lowest BCUT2D eigenvalue weighted by Crippen LogP contribution is -2.34. The van der Waals surface area contributed by atoms with Crippen LogP contribution >= 0.6 is 0 Å². The molecular weight excluding hydrogens is 240 g/mol. The molecule has 1 aliphatic rings. The molecular formula is C14H18N4O. The molecule has 1 fully saturated rings. The summed E-state index contributed by atoms with van der Waals surface area (Å²) in [5, 5.41) is 7.88. The second-order valence-corrected chi connectivity index (χ2v) is 5.28. The molecule has 0 aliphatic carbocycles. The highest BCUT2D eigenvalue weighted by Gasteiger charge is 2.32. The fourth-order valence-electron chi connectivity index (χ4n) is 2.90. The molecule has 0 unspecified atom stereocenters. The Hall–Kier alpha value is -1.88. The van der Waals surface area contributed by atoms with E-state index in [9.17, 15) is 4.79 Å². The molecule has 1 amide bonds. The summed E-state index contributed by atoms with van der Waals surface area (Å²) >= 11 is 0. The van der Waals surface area contributed by atoms with Gasteiger partial charge in [0.25, 0.3) is 5.91 Å². The Bertz CT molecular complexity index is 606. The van der Waals surface area contributed by atoms with Gasteiger partial charge in [0.1, 0.15) is 0 Å². The van der Waals surface area contributed by atoms with Crippen LogP contribution in [-0.4, -0.2) is 40.1 Å². The zero-order valence-electron chi connectivity index (χ0n) is 11.0. The maximum atomic E-state index is 12.7. The lowest BCUT2D eigenvalue weighted by atomic mass is 10.1. The fourth-order valence-corrected chi connectivity index (χ4v) is 2.90. The number of likely N-dealkylation sites (tertiary alicyclic amines) is 1. The van der Waals surface area contributed by atoms with Crippen molar-refractivity contribution in [1.29, 1.82) is 0 Å². The molecule has 3 N–H and O–H groups in total. The lowest BCUT2D eigenvalue weighted by Gasteiger charge is -2.21. The highest BCUT2D eigenvalue weighted by molar-refractivity contribution is 6.05. The van der Waals surface area contributed by atoms with E-state index in [4.69, 9.17) is 5.73 Å². The van der Waals surface area contributed by atoms with Crippen molar-refractivity contribution in [2.45, 2.75) is 19.4 Å². The topological polar surface area (TPSA) is 75.0 Å². The number of aromatic amines is 1. The third-order valence-electron chi connectivity index (χ3n) is 3.96. The number of amides is 1. The number of nitrogens with zero attached hydrogens (tertiary/aromatic N) is 2. The predicted molar refractivity (Wildman–Crippen MR) is 73.8 cm³/mol. The Morgan fingerprint density at radius 2 is 2.42 bits per heavy atom. The monoisotopic (exact) mass is 258 g/mol. The van der Waals surface area contributed by atoms with E-state index in [1.54, 1.807) is 6.20 Å². The average molecular weight is 258 g/mol. The van der Waals surface area contributed by atoms with Gasteiger partial charge in [0, 0.05) is 18.0 Å². The van der Waals surface area contributed by atoms with E-state index in [1.807, 2.05) is 23.1 Å². The highest BCUT2D eigenvalue weighted by atomic mass is 16.2. The van der Waals surface area contributed by atoms with Gasteiger partial charge in [-0.05, 0) is 31.9 Å². The van der Waals surface area contributed by atoms with Gasteiger partial charge in [0.2, 0.25) is 0 Å². The SMILES string of the molecule is C[C@H]1C[C@@H](CN)CN1C(=O)c1cccc2cn[nH]c12. The molecule has 100 valence electrons. The van der Waals surface area contributed by atoms with Gasteiger partial charge in [-0.3, -0.25) is 9.89 Å². The molecule has 5 heteroatoms. The lowest BCUT2D eigenvalue weighted by molar-refractivity contribution is 0.0745. The summed E-state index contributed by atoms with van der Waals surface area (Å²) in [5.74, 6) is 0.484. The molecule has 2 atom stereocenters. The first-order valence-corrected chi connectivity index (χ1v) is 6.64. The van der Waals surface area contributed by atoms with E-state index >= 15 is 0 Å². The van der Waals surface area contributed by atoms with Gasteiger partial charge in [-0.15, -0.1) is 0 Å². The highest BCUT2D eigenvalue weighted by Crippen LogP contribution is 2.26. The molecule has 2 aromatic rings. The predicted octanol–water partition coefficient (Wildman–Crippen LogP) is 1.37. The summed E-state index contributed by atoms with van der Waals surface area (Å²) in [6.07, 6.45) is 2.73. The van der Waals surface area contributed by atoms with Crippen LogP contribution in [0.2, 0.25) is 0 Å². The Morgan fingerprint density at radius 1 is 1.58 bits per heavy atom. The van der Waals surface area contributed by atoms with Gasteiger partial charge < -0.3 is 10.6 Å². The third kappa shape index (κ3) is 2.00. The number of nitrogens with two attached hydrogens (primary N) is 1. The van der Waals surface area contributed by atoms with Crippen LogP contribution in [0.25, 0.3) is 10.9 Å². The largest absolute Gasteiger partial charge is 0.336 e. The van der Waals surface area contributed by atoms with E-state index < -0.39 is 0 Å². The van der Waals surface area contributed by atoms with Crippen LogP contribution < -0.4 is 5.73 Å². The van der Waals surface area contributed by atoms with Crippen LogP contribution in [0.5, 0.6) is 0 Å². The molecule has 19 heavy (non-hydrogen) atoms. The van der Waals surface area contributed by atoms with Gasteiger partial charge in [-0.25, -0.2) is 0 Å². The Labute approximate surface area is 111 Å². The first-order chi connectivity index (χ1) is 9.20. The van der Waals surface area contributed by atoms with E-state index in [2.05, 4.69) is 17.1 Å². The molecule has 2 heterocycles. The smallest absolute Gasteiger partial charge is 0.256 e. The number of nitrogens with one attached hydrogen (secondary N) is 1. The van der Waals surface area contributed by atoms with Crippen LogP contribution in [0, 0.1) is 5.92 Å². The normalized spacial score (nSPS) is 23.2. The summed E-state index contributed by atoms with van der Waals surface area (Å²) in [6.45, 7) is 3.48. The van der Waals surface area contributed by atoms with Gasteiger partial charge in [0.15, 0.2) is 0 Å². The summed E-state index contributed by atoms with van der Waals surface area (Å²) in [5.41, 5.74) is 7.23. The molecule has 0 saturated carbocycles. The van der Waals surface area contributed by atoms with Crippen LogP contribution in [0.3, 0.4) is 0 Å². The maximum absolute atomic E-state index is 12.7. The van der Waals surface area contributed by atoms with E-state index in [0.717, 1.165) is 23.9 Å². The zero-order chi connectivity index (χ0) is 13.4. The first-order valence-electron chi connectivity index (χ1n) is 6.64. The van der Waals surface area contributed by atoms with Crippen molar-refractivity contribution in [2.75, 3.05) is 13.1 Å². The number of fused-ring (bicyclic) bond motifs is 1. The van der Waals surface area contributed by atoms with Crippen molar-refractivity contribution in [3.63, 3.8) is 0 Å².